The molecule has 7 heteroatoms. The first-order valence-electron chi connectivity index (χ1n) is 8.77. The molecule has 1 heterocycles. The van der Waals surface area contributed by atoms with Crippen LogP contribution >= 0.6 is 11.3 Å². The summed E-state index contributed by atoms with van der Waals surface area (Å²) in [5.41, 5.74) is 1.20. The predicted octanol–water partition coefficient (Wildman–Crippen LogP) is 3.58. The van der Waals surface area contributed by atoms with E-state index < -0.39 is 5.41 Å². The van der Waals surface area contributed by atoms with Gasteiger partial charge in [0.15, 0.2) is 0 Å². The van der Waals surface area contributed by atoms with Gasteiger partial charge in [0, 0.05) is 43.5 Å². The molecule has 0 unspecified atom stereocenters. The topological polar surface area (TPSA) is 74.3 Å². The van der Waals surface area contributed by atoms with Crippen LogP contribution in [0.2, 0.25) is 0 Å². The van der Waals surface area contributed by atoms with E-state index in [1.165, 1.54) is 0 Å². The predicted molar refractivity (Wildman–Crippen MR) is 104 cm³/mol. The van der Waals surface area contributed by atoms with Crippen LogP contribution in [0.3, 0.4) is 0 Å². The summed E-state index contributed by atoms with van der Waals surface area (Å²) in [5.74, 6) is 0.0982. The molecular weight excluding hydrogens is 348 g/mol. The Labute approximate surface area is 157 Å². The summed E-state index contributed by atoms with van der Waals surface area (Å²) in [6, 6.07) is 7.30. The Morgan fingerprint density at radius 3 is 2.69 bits per heavy atom. The lowest BCUT2D eigenvalue weighted by atomic mass is 9.84. The van der Waals surface area contributed by atoms with Gasteiger partial charge in [-0.2, -0.15) is 0 Å². The molecule has 1 aromatic heterocycles. The molecule has 1 aliphatic carbocycles. The van der Waals surface area contributed by atoms with E-state index in [1.54, 1.807) is 36.5 Å². The molecule has 6 nitrogen and oxygen atoms in total. The fourth-order valence-electron chi connectivity index (χ4n) is 3.51. The highest BCUT2D eigenvalue weighted by Gasteiger charge is 2.42. The molecule has 0 spiro atoms. The molecule has 0 radical (unpaired) electrons. The van der Waals surface area contributed by atoms with Crippen molar-refractivity contribution in [3.05, 3.63) is 35.8 Å². The molecular formula is C19H24N4O2S. The highest BCUT2D eigenvalue weighted by molar-refractivity contribution is 7.13. The molecule has 0 aliphatic heterocycles. The fraction of sp³-hybridized carbons (Fsp3) is 0.421. The Morgan fingerprint density at radius 2 is 2.04 bits per heavy atom. The molecule has 0 atom stereocenters. The van der Waals surface area contributed by atoms with Crippen molar-refractivity contribution in [2.45, 2.75) is 25.7 Å². The van der Waals surface area contributed by atoms with Gasteiger partial charge in [-0.3, -0.25) is 4.79 Å². The van der Waals surface area contributed by atoms with Crippen LogP contribution in [-0.2, 0) is 4.79 Å². The van der Waals surface area contributed by atoms with E-state index in [0.29, 0.717) is 12.2 Å². The first-order chi connectivity index (χ1) is 12.5. The third-order valence-electron chi connectivity index (χ3n) is 4.81. The molecule has 138 valence electrons. The van der Waals surface area contributed by atoms with Crippen LogP contribution in [0.15, 0.2) is 35.8 Å². The molecule has 26 heavy (non-hydrogen) atoms. The van der Waals surface area contributed by atoms with Crippen molar-refractivity contribution >= 4 is 29.0 Å². The van der Waals surface area contributed by atoms with Crippen molar-refractivity contribution in [1.29, 1.82) is 0 Å². The van der Waals surface area contributed by atoms with Crippen LogP contribution in [0.25, 0.3) is 10.6 Å². The number of urea groups is 1. The number of thiazole rings is 1. The number of anilines is 1. The number of carbonyl (C=O) groups is 2. The van der Waals surface area contributed by atoms with E-state index in [1.807, 2.05) is 29.6 Å². The van der Waals surface area contributed by atoms with E-state index in [2.05, 4.69) is 15.6 Å². The standard InChI is InChI=1S/C19H24N4O2S/c1-23(2)17(24)19(8-3-4-9-19)13-21-18(25)22-15-7-5-6-14(12-15)16-20-10-11-26-16/h5-7,10-12H,3-4,8-9,13H2,1-2H3,(H2,21,22,25). The lowest BCUT2D eigenvalue weighted by Crippen LogP contribution is -2.47. The Kier molecular flexibility index (Phi) is 5.56. The highest BCUT2D eigenvalue weighted by atomic mass is 32.1. The average Bonchev–Trinajstić information content (AvgIpc) is 3.32. The second kappa shape index (κ2) is 7.86. The van der Waals surface area contributed by atoms with Gasteiger partial charge in [-0.05, 0) is 25.0 Å². The molecule has 1 fully saturated rings. The number of hydrogen-bond acceptors (Lipinski definition) is 4. The van der Waals surface area contributed by atoms with Crippen molar-refractivity contribution in [1.82, 2.24) is 15.2 Å². The maximum atomic E-state index is 12.6. The van der Waals surface area contributed by atoms with Crippen LogP contribution in [0.5, 0.6) is 0 Å². The summed E-state index contributed by atoms with van der Waals surface area (Å²) in [7, 11) is 3.54. The van der Waals surface area contributed by atoms with Crippen LogP contribution < -0.4 is 10.6 Å². The summed E-state index contributed by atoms with van der Waals surface area (Å²) in [6.07, 6.45) is 5.46. The Bertz CT molecular complexity index is 768. The van der Waals surface area contributed by atoms with Gasteiger partial charge in [-0.1, -0.05) is 25.0 Å². The molecule has 2 aromatic rings. The quantitative estimate of drug-likeness (QED) is 0.842. The van der Waals surface area contributed by atoms with E-state index in [-0.39, 0.29) is 11.9 Å². The maximum absolute atomic E-state index is 12.6. The van der Waals surface area contributed by atoms with Crippen LogP contribution in [0.4, 0.5) is 10.5 Å². The Balaban J connectivity index is 1.62. The zero-order chi connectivity index (χ0) is 18.6. The molecule has 3 amide bonds. The van der Waals surface area contributed by atoms with Gasteiger partial charge in [-0.25, -0.2) is 9.78 Å². The van der Waals surface area contributed by atoms with E-state index in [0.717, 1.165) is 36.3 Å². The highest BCUT2D eigenvalue weighted by Crippen LogP contribution is 2.39. The number of carbonyl (C=O) groups excluding carboxylic acids is 2. The largest absolute Gasteiger partial charge is 0.348 e. The summed E-state index contributed by atoms with van der Waals surface area (Å²) in [5, 5.41) is 8.58. The van der Waals surface area contributed by atoms with Crippen LogP contribution in [0, 0.1) is 5.41 Å². The van der Waals surface area contributed by atoms with Gasteiger partial charge in [-0.15, -0.1) is 11.3 Å². The molecule has 0 saturated heterocycles. The van der Waals surface area contributed by atoms with Crippen molar-refractivity contribution in [2.24, 2.45) is 5.41 Å². The van der Waals surface area contributed by atoms with Crippen LogP contribution in [-0.4, -0.2) is 42.5 Å². The number of nitrogens with one attached hydrogen (secondary N) is 2. The van der Waals surface area contributed by atoms with Gasteiger partial charge < -0.3 is 15.5 Å². The molecule has 1 aromatic carbocycles. The summed E-state index contributed by atoms with van der Waals surface area (Å²) >= 11 is 1.55. The number of hydrogen-bond donors (Lipinski definition) is 2. The van der Waals surface area contributed by atoms with Crippen molar-refractivity contribution in [2.75, 3.05) is 26.0 Å². The van der Waals surface area contributed by atoms with E-state index in [4.69, 9.17) is 0 Å². The monoisotopic (exact) mass is 372 g/mol. The molecule has 0 bridgehead atoms. The average molecular weight is 372 g/mol. The second-order valence-electron chi connectivity index (χ2n) is 6.91. The fourth-order valence-corrected chi connectivity index (χ4v) is 4.15. The molecule has 3 rings (SSSR count). The van der Waals surface area contributed by atoms with Gasteiger partial charge in [0.1, 0.15) is 5.01 Å². The summed E-state index contributed by atoms with van der Waals surface area (Å²) in [4.78, 5) is 30.8. The summed E-state index contributed by atoms with van der Waals surface area (Å²) in [6.45, 7) is 0.363. The minimum absolute atomic E-state index is 0.0982. The number of nitrogens with zero attached hydrogens (tertiary/aromatic N) is 2. The van der Waals surface area contributed by atoms with Gasteiger partial charge >= 0.3 is 6.03 Å². The van der Waals surface area contributed by atoms with Gasteiger partial charge in [0.05, 0.1) is 5.41 Å². The zero-order valence-electron chi connectivity index (χ0n) is 15.1. The first kappa shape index (κ1) is 18.4. The lowest BCUT2D eigenvalue weighted by molar-refractivity contribution is -0.138. The number of rotatable bonds is 5. The van der Waals surface area contributed by atoms with Crippen molar-refractivity contribution in [3.8, 4) is 10.6 Å². The number of aromatic nitrogens is 1. The van der Waals surface area contributed by atoms with E-state index in [9.17, 15) is 9.59 Å². The maximum Gasteiger partial charge on any atom is 0.319 e. The molecule has 1 aliphatic rings. The Hall–Kier alpha value is -2.41. The van der Waals surface area contributed by atoms with Gasteiger partial charge in [0.25, 0.3) is 0 Å². The summed E-state index contributed by atoms with van der Waals surface area (Å²) < 4.78 is 0. The zero-order valence-corrected chi connectivity index (χ0v) is 15.9. The third kappa shape index (κ3) is 4.04. The normalized spacial score (nSPS) is 15.5. The molecule has 2 N–H and O–H groups in total. The minimum Gasteiger partial charge on any atom is -0.348 e. The van der Waals surface area contributed by atoms with Crippen molar-refractivity contribution in [3.63, 3.8) is 0 Å². The third-order valence-corrected chi connectivity index (χ3v) is 5.63. The number of amides is 3. The number of benzene rings is 1. The molecule has 1 saturated carbocycles. The first-order valence-corrected chi connectivity index (χ1v) is 9.65. The smallest absolute Gasteiger partial charge is 0.319 e. The minimum atomic E-state index is -0.469. The SMILES string of the molecule is CN(C)C(=O)C1(CNC(=O)Nc2cccc(-c3nccs3)c2)CCCC1. The second-order valence-corrected chi connectivity index (χ2v) is 7.81. The van der Waals surface area contributed by atoms with Gasteiger partial charge in [0.2, 0.25) is 5.91 Å². The lowest BCUT2D eigenvalue weighted by Gasteiger charge is -2.30. The van der Waals surface area contributed by atoms with Crippen molar-refractivity contribution < 1.29 is 9.59 Å². The van der Waals surface area contributed by atoms with Crippen LogP contribution in [0.1, 0.15) is 25.7 Å². The Morgan fingerprint density at radius 1 is 1.27 bits per heavy atom. The van der Waals surface area contributed by atoms with E-state index >= 15 is 0 Å².